The number of methoxy groups -OCH3 is 1. The zero-order valence-electron chi connectivity index (χ0n) is 8.10. The zero-order valence-corrected chi connectivity index (χ0v) is 8.10. The van der Waals surface area contributed by atoms with Crippen LogP contribution in [0.5, 0.6) is 0 Å². The monoisotopic (exact) mass is 203 g/mol. The lowest BCUT2D eigenvalue weighted by atomic mass is 10.2. The fourth-order valence-corrected chi connectivity index (χ4v) is 1.24. The standard InChI is InChI=1S/C10H9N3O2/c1-15-10(14)9-2-7(5-13-9)8-3-11-6-12-4-8/h2-6,13H,1H3. The molecule has 0 saturated carbocycles. The Hall–Kier alpha value is -2.17. The lowest BCUT2D eigenvalue weighted by Gasteiger charge is -1.93. The third kappa shape index (κ3) is 1.85. The first kappa shape index (κ1) is 9.39. The Labute approximate surface area is 86.1 Å². The van der Waals surface area contributed by atoms with Crippen molar-refractivity contribution in [3.8, 4) is 11.1 Å². The number of nitrogens with one attached hydrogen (secondary N) is 1. The zero-order chi connectivity index (χ0) is 10.7. The van der Waals surface area contributed by atoms with Crippen LogP contribution >= 0.6 is 0 Å². The molecule has 0 atom stereocenters. The van der Waals surface area contributed by atoms with Crippen LogP contribution in [0, 0.1) is 0 Å². The van der Waals surface area contributed by atoms with E-state index in [4.69, 9.17) is 0 Å². The summed E-state index contributed by atoms with van der Waals surface area (Å²) in [6, 6.07) is 1.70. The van der Waals surface area contributed by atoms with Gasteiger partial charge in [0.05, 0.1) is 7.11 Å². The number of hydrogen-bond acceptors (Lipinski definition) is 4. The smallest absolute Gasteiger partial charge is 0.354 e. The summed E-state index contributed by atoms with van der Waals surface area (Å²) in [7, 11) is 1.34. The molecule has 0 bridgehead atoms. The van der Waals surface area contributed by atoms with E-state index in [1.165, 1.54) is 13.4 Å². The summed E-state index contributed by atoms with van der Waals surface area (Å²) in [5.74, 6) is -0.391. The molecule has 0 aliphatic carbocycles. The van der Waals surface area contributed by atoms with Gasteiger partial charge in [-0.1, -0.05) is 0 Å². The minimum atomic E-state index is -0.391. The molecule has 0 fully saturated rings. The lowest BCUT2D eigenvalue weighted by molar-refractivity contribution is 0.0595. The van der Waals surface area contributed by atoms with Crippen molar-refractivity contribution in [2.24, 2.45) is 0 Å². The van der Waals surface area contributed by atoms with Crippen LogP contribution in [-0.2, 0) is 4.74 Å². The van der Waals surface area contributed by atoms with Crippen LogP contribution in [0.15, 0.2) is 31.0 Å². The molecule has 76 valence electrons. The molecule has 5 heteroatoms. The molecular weight excluding hydrogens is 194 g/mol. The van der Waals surface area contributed by atoms with Crippen LogP contribution in [0.25, 0.3) is 11.1 Å². The number of H-pyrrole nitrogens is 1. The Morgan fingerprint density at radius 1 is 1.33 bits per heavy atom. The van der Waals surface area contributed by atoms with E-state index in [0.29, 0.717) is 5.69 Å². The molecule has 1 N–H and O–H groups in total. The summed E-state index contributed by atoms with van der Waals surface area (Å²) in [5, 5.41) is 0. The fourth-order valence-electron chi connectivity index (χ4n) is 1.24. The number of carbonyl (C=O) groups excluding carboxylic acids is 1. The van der Waals surface area contributed by atoms with Gasteiger partial charge in [-0.15, -0.1) is 0 Å². The number of aromatic nitrogens is 3. The van der Waals surface area contributed by atoms with Gasteiger partial charge < -0.3 is 9.72 Å². The minimum absolute atomic E-state index is 0.391. The van der Waals surface area contributed by atoms with E-state index in [0.717, 1.165) is 11.1 Å². The largest absolute Gasteiger partial charge is 0.464 e. The van der Waals surface area contributed by atoms with Crippen LogP contribution in [0.3, 0.4) is 0 Å². The lowest BCUT2D eigenvalue weighted by Crippen LogP contribution is -2.00. The summed E-state index contributed by atoms with van der Waals surface area (Å²) < 4.78 is 4.58. The Kier molecular flexibility index (Phi) is 2.45. The molecule has 2 aromatic rings. The Morgan fingerprint density at radius 2 is 2.07 bits per heavy atom. The van der Waals surface area contributed by atoms with E-state index in [9.17, 15) is 4.79 Å². The topological polar surface area (TPSA) is 67.9 Å². The number of rotatable bonds is 2. The van der Waals surface area contributed by atoms with Gasteiger partial charge in [0.1, 0.15) is 12.0 Å². The molecule has 2 heterocycles. The van der Waals surface area contributed by atoms with Crippen molar-refractivity contribution in [1.29, 1.82) is 0 Å². The maximum absolute atomic E-state index is 11.2. The van der Waals surface area contributed by atoms with Gasteiger partial charge in [0.2, 0.25) is 0 Å². The van der Waals surface area contributed by atoms with E-state index in [-0.39, 0.29) is 0 Å². The Balaban J connectivity index is 2.32. The second-order valence-electron chi connectivity index (χ2n) is 2.92. The summed E-state index contributed by atoms with van der Waals surface area (Å²) in [6.45, 7) is 0. The first-order chi connectivity index (χ1) is 7.31. The fraction of sp³-hybridized carbons (Fsp3) is 0.100. The molecule has 0 amide bonds. The summed E-state index contributed by atoms with van der Waals surface area (Å²) in [4.78, 5) is 21.8. The second kappa shape index (κ2) is 3.91. The molecule has 2 aromatic heterocycles. The quantitative estimate of drug-likeness (QED) is 0.746. The van der Waals surface area contributed by atoms with Gasteiger partial charge in [0.25, 0.3) is 0 Å². The highest BCUT2D eigenvalue weighted by Crippen LogP contribution is 2.18. The van der Waals surface area contributed by atoms with Crippen LogP contribution in [0.2, 0.25) is 0 Å². The van der Waals surface area contributed by atoms with Crippen molar-refractivity contribution < 1.29 is 9.53 Å². The molecule has 15 heavy (non-hydrogen) atoms. The van der Waals surface area contributed by atoms with E-state index in [1.807, 2.05) is 0 Å². The van der Waals surface area contributed by atoms with Crippen molar-refractivity contribution in [2.75, 3.05) is 7.11 Å². The summed E-state index contributed by atoms with van der Waals surface area (Å²) in [6.07, 6.45) is 6.52. The number of carbonyl (C=O) groups is 1. The van der Waals surface area contributed by atoms with Gasteiger partial charge in [-0.3, -0.25) is 0 Å². The number of esters is 1. The van der Waals surface area contributed by atoms with Gasteiger partial charge >= 0.3 is 5.97 Å². The van der Waals surface area contributed by atoms with Crippen molar-refractivity contribution in [2.45, 2.75) is 0 Å². The molecule has 5 nitrogen and oxygen atoms in total. The number of aromatic amines is 1. The highest BCUT2D eigenvalue weighted by molar-refractivity contribution is 5.89. The van der Waals surface area contributed by atoms with Crippen molar-refractivity contribution in [3.05, 3.63) is 36.7 Å². The van der Waals surface area contributed by atoms with E-state index >= 15 is 0 Å². The molecule has 0 aromatic carbocycles. The van der Waals surface area contributed by atoms with Crippen LogP contribution in [-0.4, -0.2) is 28.0 Å². The second-order valence-corrected chi connectivity index (χ2v) is 2.92. The van der Waals surface area contributed by atoms with E-state index in [1.54, 1.807) is 24.7 Å². The van der Waals surface area contributed by atoms with Crippen molar-refractivity contribution in [3.63, 3.8) is 0 Å². The van der Waals surface area contributed by atoms with Crippen LogP contribution in [0.1, 0.15) is 10.5 Å². The van der Waals surface area contributed by atoms with E-state index < -0.39 is 5.97 Å². The van der Waals surface area contributed by atoms with Crippen molar-refractivity contribution >= 4 is 5.97 Å². The van der Waals surface area contributed by atoms with Gasteiger partial charge in [0, 0.05) is 29.7 Å². The molecule has 0 radical (unpaired) electrons. The van der Waals surface area contributed by atoms with Crippen LogP contribution in [0.4, 0.5) is 0 Å². The molecule has 0 saturated heterocycles. The molecule has 0 spiro atoms. The van der Waals surface area contributed by atoms with Gasteiger partial charge in [0.15, 0.2) is 0 Å². The maximum atomic E-state index is 11.2. The highest BCUT2D eigenvalue weighted by Gasteiger charge is 2.09. The number of hydrogen-bond donors (Lipinski definition) is 1. The Morgan fingerprint density at radius 3 is 2.73 bits per heavy atom. The van der Waals surface area contributed by atoms with Gasteiger partial charge in [-0.2, -0.15) is 0 Å². The highest BCUT2D eigenvalue weighted by atomic mass is 16.5. The maximum Gasteiger partial charge on any atom is 0.354 e. The SMILES string of the molecule is COC(=O)c1cc(-c2cncnc2)c[nH]1. The Bertz CT molecular complexity index is 465. The third-order valence-electron chi connectivity index (χ3n) is 1.98. The van der Waals surface area contributed by atoms with Crippen molar-refractivity contribution in [1.82, 2.24) is 15.0 Å². The van der Waals surface area contributed by atoms with E-state index in [2.05, 4.69) is 19.7 Å². The minimum Gasteiger partial charge on any atom is -0.464 e. The first-order valence-electron chi connectivity index (χ1n) is 4.33. The first-order valence-corrected chi connectivity index (χ1v) is 4.33. The molecule has 0 unspecified atom stereocenters. The van der Waals surface area contributed by atoms with Crippen LogP contribution < -0.4 is 0 Å². The average Bonchev–Trinajstić information content (AvgIpc) is 2.78. The third-order valence-corrected chi connectivity index (χ3v) is 1.98. The normalized spacial score (nSPS) is 9.93. The average molecular weight is 203 g/mol. The predicted molar refractivity (Wildman–Crippen MR) is 53.2 cm³/mol. The molecular formula is C10H9N3O2. The summed E-state index contributed by atoms with van der Waals surface area (Å²) >= 11 is 0. The number of ether oxygens (including phenoxy) is 1. The molecule has 2 rings (SSSR count). The molecule has 0 aliphatic heterocycles. The predicted octanol–water partition coefficient (Wildman–Crippen LogP) is 1.26. The molecule has 0 aliphatic rings. The number of nitrogens with zero attached hydrogens (tertiary/aromatic N) is 2. The van der Waals surface area contributed by atoms with Gasteiger partial charge in [-0.25, -0.2) is 14.8 Å². The summed E-state index contributed by atoms with van der Waals surface area (Å²) in [5.41, 5.74) is 2.12. The van der Waals surface area contributed by atoms with Gasteiger partial charge in [-0.05, 0) is 6.07 Å².